The van der Waals surface area contributed by atoms with Gasteiger partial charge in [0.05, 0.1) is 5.69 Å². The summed E-state index contributed by atoms with van der Waals surface area (Å²) in [6.45, 7) is 2.88. The van der Waals surface area contributed by atoms with E-state index in [0.717, 1.165) is 32.3 Å². The molecule has 0 aromatic carbocycles. The van der Waals surface area contributed by atoms with Crippen LogP contribution in [0.3, 0.4) is 0 Å². The van der Waals surface area contributed by atoms with E-state index >= 15 is 0 Å². The highest BCUT2D eigenvalue weighted by molar-refractivity contribution is 7.11. The fourth-order valence-electron chi connectivity index (χ4n) is 3.64. The number of ether oxygens (including phenoxy) is 1. The number of hydrogen-bond donors (Lipinski definition) is 1. The normalized spacial score (nSPS) is 26.0. The molecule has 1 heterocycles. The van der Waals surface area contributed by atoms with Crippen LogP contribution in [-0.4, -0.2) is 11.6 Å². The first-order valence-corrected chi connectivity index (χ1v) is 8.96. The van der Waals surface area contributed by atoms with Gasteiger partial charge in [-0.25, -0.2) is 4.98 Å². The first-order chi connectivity index (χ1) is 9.75. The number of nitrogens with two attached hydrogens (primary N) is 1. The molecule has 0 bridgehead atoms. The van der Waals surface area contributed by atoms with Gasteiger partial charge in [-0.3, -0.25) is 0 Å². The zero-order valence-electron chi connectivity index (χ0n) is 12.5. The average molecular weight is 294 g/mol. The maximum absolute atomic E-state index is 6.26. The van der Waals surface area contributed by atoms with Gasteiger partial charge in [0.15, 0.2) is 0 Å². The lowest BCUT2D eigenvalue weighted by Gasteiger charge is -2.30. The molecule has 1 saturated carbocycles. The molecule has 2 N–H and O–H groups in total. The molecule has 20 heavy (non-hydrogen) atoms. The molecular formula is C16H26N2OS. The average Bonchev–Trinajstić information content (AvgIpc) is 2.75. The maximum atomic E-state index is 6.26. The maximum Gasteiger partial charge on any atom is 0.125 e. The molecule has 1 aromatic heterocycles. The van der Waals surface area contributed by atoms with Crippen LogP contribution in [0.5, 0.6) is 0 Å². The zero-order valence-corrected chi connectivity index (χ0v) is 13.3. The van der Waals surface area contributed by atoms with Crippen LogP contribution in [0.25, 0.3) is 0 Å². The van der Waals surface area contributed by atoms with Crippen molar-refractivity contribution < 1.29 is 4.74 Å². The Morgan fingerprint density at radius 3 is 2.65 bits per heavy atom. The summed E-state index contributed by atoms with van der Waals surface area (Å²) in [6, 6.07) is 0.146. The Bertz CT molecular complexity index is 449. The standard InChI is InChI=1S/C16H26N2OS/c1-2-19-16(10-5-3-4-6-11-16)15-18-14-12(17)8-7-9-13(14)20-15/h12H,2-11,17H2,1H3. The molecule has 0 aliphatic heterocycles. The minimum atomic E-state index is -0.118. The van der Waals surface area contributed by atoms with E-state index in [4.69, 9.17) is 15.5 Å². The van der Waals surface area contributed by atoms with E-state index in [1.165, 1.54) is 47.7 Å². The van der Waals surface area contributed by atoms with Gasteiger partial charge in [0.25, 0.3) is 0 Å². The van der Waals surface area contributed by atoms with Gasteiger partial charge in [0.1, 0.15) is 10.6 Å². The van der Waals surface area contributed by atoms with Crippen LogP contribution < -0.4 is 5.73 Å². The van der Waals surface area contributed by atoms with E-state index in [9.17, 15) is 0 Å². The number of fused-ring (bicyclic) bond motifs is 1. The van der Waals surface area contributed by atoms with Gasteiger partial charge in [-0.2, -0.15) is 0 Å². The second-order valence-electron chi connectivity index (χ2n) is 6.17. The van der Waals surface area contributed by atoms with Crippen molar-refractivity contribution in [1.82, 2.24) is 4.98 Å². The number of nitrogens with zero attached hydrogens (tertiary/aromatic N) is 1. The third-order valence-corrected chi connectivity index (χ3v) is 6.04. The second kappa shape index (κ2) is 6.12. The summed E-state index contributed by atoms with van der Waals surface area (Å²) in [5.41, 5.74) is 7.29. The van der Waals surface area contributed by atoms with E-state index in [1.807, 2.05) is 11.3 Å². The lowest BCUT2D eigenvalue weighted by atomic mass is 9.94. The first-order valence-electron chi connectivity index (χ1n) is 8.15. The predicted octanol–water partition coefficient (Wildman–Crippen LogP) is 4.07. The number of aryl methyl sites for hydroxylation is 1. The van der Waals surface area contributed by atoms with Crippen LogP contribution >= 0.6 is 11.3 Å². The molecule has 1 aromatic rings. The molecule has 112 valence electrons. The van der Waals surface area contributed by atoms with Crippen molar-refractivity contribution in [3.05, 3.63) is 15.6 Å². The number of thiazole rings is 1. The summed E-state index contributed by atoms with van der Waals surface area (Å²) in [5.74, 6) is 0. The fraction of sp³-hybridized carbons (Fsp3) is 0.812. The topological polar surface area (TPSA) is 48.1 Å². The molecule has 0 spiro atoms. The van der Waals surface area contributed by atoms with Crippen molar-refractivity contribution in [2.75, 3.05) is 6.61 Å². The summed E-state index contributed by atoms with van der Waals surface area (Å²) < 4.78 is 6.26. The van der Waals surface area contributed by atoms with Crippen molar-refractivity contribution in [2.24, 2.45) is 5.73 Å². The minimum Gasteiger partial charge on any atom is -0.368 e. The van der Waals surface area contributed by atoms with E-state index < -0.39 is 0 Å². The Balaban J connectivity index is 1.94. The minimum absolute atomic E-state index is 0.118. The fourth-order valence-corrected chi connectivity index (χ4v) is 5.02. The first kappa shape index (κ1) is 14.5. The summed E-state index contributed by atoms with van der Waals surface area (Å²) in [4.78, 5) is 6.38. The SMILES string of the molecule is CCOC1(c2nc3c(s2)CCCC3N)CCCCCC1. The highest BCUT2D eigenvalue weighted by Gasteiger charge is 2.38. The third-order valence-electron chi connectivity index (χ3n) is 4.72. The Morgan fingerprint density at radius 1 is 1.25 bits per heavy atom. The van der Waals surface area contributed by atoms with Crippen LogP contribution in [0, 0.1) is 0 Å². The highest BCUT2D eigenvalue weighted by atomic mass is 32.1. The van der Waals surface area contributed by atoms with E-state index in [1.54, 1.807) is 0 Å². The van der Waals surface area contributed by atoms with Crippen LogP contribution in [0.15, 0.2) is 0 Å². The van der Waals surface area contributed by atoms with Crippen molar-refractivity contribution in [3.8, 4) is 0 Å². The summed E-state index contributed by atoms with van der Waals surface area (Å²) in [6.07, 6.45) is 10.9. The van der Waals surface area contributed by atoms with Gasteiger partial charge in [0.2, 0.25) is 0 Å². The molecule has 3 nitrogen and oxygen atoms in total. The largest absolute Gasteiger partial charge is 0.368 e. The van der Waals surface area contributed by atoms with E-state index in [2.05, 4.69) is 6.92 Å². The lowest BCUT2D eigenvalue weighted by Crippen LogP contribution is -2.29. The zero-order chi connectivity index (χ0) is 14.0. The molecule has 3 rings (SSSR count). The van der Waals surface area contributed by atoms with Crippen LogP contribution in [0.4, 0.5) is 0 Å². The Labute approximate surface area is 125 Å². The Hall–Kier alpha value is -0.450. The summed E-state index contributed by atoms with van der Waals surface area (Å²) in [5, 5.41) is 1.21. The number of hydrogen-bond acceptors (Lipinski definition) is 4. The van der Waals surface area contributed by atoms with Crippen LogP contribution in [0.2, 0.25) is 0 Å². The smallest absolute Gasteiger partial charge is 0.125 e. The second-order valence-corrected chi connectivity index (χ2v) is 7.25. The molecule has 1 unspecified atom stereocenters. The molecule has 0 saturated heterocycles. The van der Waals surface area contributed by atoms with Crippen molar-refractivity contribution in [1.29, 1.82) is 0 Å². The molecule has 2 aliphatic carbocycles. The Kier molecular flexibility index (Phi) is 4.43. The highest BCUT2D eigenvalue weighted by Crippen LogP contribution is 2.44. The van der Waals surface area contributed by atoms with E-state index in [0.29, 0.717) is 0 Å². The Morgan fingerprint density at radius 2 is 2.00 bits per heavy atom. The van der Waals surface area contributed by atoms with Gasteiger partial charge >= 0.3 is 0 Å². The monoisotopic (exact) mass is 294 g/mol. The summed E-state index contributed by atoms with van der Waals surface area (Å²) >= 11 is 1.88. The summed E-state index contributed by atoms with van der Waals surface area (Å²) in [7, 11) is 0. The van der Waals surface area contributed by atoms with Crippen molar-refractivity contribution in [2.45, 2.75) is 76.4 Å². The van der Waals surface area contributed by atoms with Crippen molar-refractivity contribution >= 4 is 11.3 Å². The van der Waals surface area contributed by atoms with Gasteiger partial charge in [-0.15, -0.1) is 11.3 Å². The molecule has 4 heteroatoms. The van der Waals surface area contributed by atoms with Crippen molar-refractivity contribution in [3.63, 3.8) is 0 Å². The molecule has 0 radical (unpaired) electrons. The van der Waals surface area contributed by atoms with Gasteiger partial charge in [-0.1, -0.05) is 25.7 Å². The van der Waals surface area contributed by atoms with E-state index in [-0.39, 0.29) is 11.6 Å². The number of aromatic nitrogens is 1. The quantitative estimate of drug-likeness (QED) is 0.855. The predicted molar refractivity (Wildman–Crippen MR) is 83.0 cm³/mol. The molecular weight excluding hydrogens is 268 g/mol. The lowest BCUT2D eigenvalue weighted by molar-refractivity contribution is -0.0560. The van der Waals surface area contributed by atoms with Crippen LogP contribution in [-0.2, 0) is 16.8 Å². The van der Waals surface area contributed by atoms with Crippen LogP contribution in [0.1, 0.15) is 79.9 Å². The molecule has 1 fully saturated rings. The molecule has 1 atom stereocenters. The van der Waals surface area contributed by atoms with Gasteiger partial charge in [0, 0.05) is 17.5 Å². The van der Waals surface area contributed by atoms with Gasteiger partial charge in [-0.05, 0) is 39.0 Å². The van der Waals surface area contributed by atoms with Gasteiger partial charge < -0.3 is 10.5 Å². The molecule has 0 amide bonds. The molecule has 2 aliphatic rings. The third kappa shape index (κ3) is 2.66. The number of rotatable bonds is 3.